The zero-order chi connectivity index (χ0) is 22.0. The van der Waals surface area contributed by atoms with Crippen molar-refractivity contribution in [3.8, 4) is 0 Å². The highest BCUT2D eigenvalue weighted by Gasteiger charge is 2.36. The zero-order valence-corrected chi connectivity index (χ0v) is 18.4. The molecule has 0 radical (unpaired) electrons. The van der Waals surface area contributed by atoms with Gasteiger partial charge in [-0.1, -0.05) is 24.8 Å². The van der Waals surface area contributed by atoms with Crippen molar-refractivity contribution in [2.45, 2.75) is 33.2 Å². The topological polar surface area (TPSA) is 82.4 Å². The third-order valence-electron chi connectivity index (χ3n) is 6.08. The summed E-state index contributed by atoms with van der Waals surface area (Å²) in [5.74, 6) is -0.225. The van der Waals surface area contributed by atoms with Crippen LogP contribution >= 0.6 is 0 Å². The summed E-state index contributed by atoms with van der Waals surface area (Å²) in [5, 5.41) is 1.34. The Morgan fingerprint density at radius 1 is 1.30 bits per heavy atom. The van der Waals surface area contributed by atoms with Crippen LogP contribution in [0.1, 0.15) is 31.9 Å². The number of aromatic amines is 1. The average Bonchev–Trinajstić information content (AvgIpc) is 3.14. The molecule has 0 saturated heterocycles. The fourth-order valence-corrected chi connectivity index (χ4v) is 4.38. The number of carbonyl (C=O) groups is 2. The minimum absolute atomic E-state index is 0.0445. The maximum atomic E-state index is 12.9. The summed E-state index contributed by atoms with van der Waals surface area (Å²) in [6.07, 6.45) is 5.41. The summed E-state index contributed by atoms with van der Waals surface area (Å²) >= 11 is 0. The molecule has 0 unspecified atom stereocenters. The number of fused-ring (bicyclic) bond motifs is 2. The molecule has 1 aliphatic heterocycles. The van der Waals surface area contributed by atoms with Gasteiger partial charge in [0.05, 0.1) is 5.92 Å². The number of hydrogen-bond acceptors (Lipinski definition) is 3. The smallest absolute Gasteiger partial charge is 0.243 e. The molecule has 2 aromatic rings. The van der Waals surface area contributed by atoms with Crippen LogP contribution in [0.3, 0.4) is 0 Å². The number of primary amides is 1. The highest BCUT2D eigenvalue weighted by molar-refractivity contribution is 5.99. The van der Waals surface area contributed by atoms with Crippen LogP contribution in [-0.2, 0) is 16.0 Å². The van der Waals surface area contributed by atoms with Gasteiger partial charge in [0.15, 0.2) is 0 Å². The Kier molecular flexibility index (Phi) is 6.46. The van der Waals surface area contributed by atoms with Gasteiger partial charge in [-0.3, -0.25) is 14.5 Å². The molecule has 4 rings (SSSR count). The number of nitrogens with zero attached hydrogens (tertiary/aromatic N) is 2. The number of rotatable bonds is 4. The average molecular weight is 409 g/mol. The predicted molar refractivity (Wildman–Crippen MR) is 122 cm³/mol. The van der Waals surface area contributed by atoms with E-state index in [9.17, 15) is 9.59 Å². The zero-order valence-electron chi connectivity index (χ0n) is 18.4. The molecule has 0 bridgehead atoms. The number of H-pyrrole nitrogens is 1. The third kappa shape index (κ3) is 4.05. The Morgan fingerprint density at radius 2 is 1.97 bits per heavy atom. The van der Waals surface area contributed by atoms with Crippen LogP contribution in [0.2, 0.25) is 0 Å². The summed E-state index contributed by atoms with van der Waals surface area (Å²) < 4.78 is 0. The second-order valence-corrected chi connectivity index (χ2v) is 8.09. The first-order valence-corrected chi connectivity index (χ1v) is 10.5. The monoisotopic (exact) mass is 408 g/mol. The Bertz CT molecular complexity index is 988. The van der Waals surface area contributed by atoms with Crippen molar-refractivity contribution in [3.05, 3.63) is 53.8 Å². The van der Waals surface area contributed by atoms with E-state index in [1.165, 1.54) is 27.6 Å². The highest BCUT2D eigenvalue weighted by atomic mass is 16.2. The van der Waals surface area contributed by atoms with Gasteiger partial charge in [0.1, 0.15) is 0 Å². The van der Waals surface area contributed by atoms with Gasteiger partial charge in [0.25, 0.3) is 0 Å². The SMILES string of the molecule is C=C(C)C(N)=O.CCN(CC)C(=O)[C@@H]1C=C2c3cccc4[nH]cc(c34)C[C@H]2N(C)C1. The molecule has 30 heavy (non-hydrogen) atoms. The van der Waals surface area contributed by atoms with Crippen LogP contribution in [0.5, 0.6) is 0 Å². The molecule has 2 heterocycles. The number of nitrogens with one attached hydrogen (secondary N) is 1. The normalized spacial score (nSPS) is 19.9. The van der Waals surface area contributed by atoms with Crippen molar-refractivity contribution in [1.82, 2.24) is 14.8 Å². The molecule has 3 N–H and O–H groups in total. The second-order valence-electron chi connectivity index (χ2n) is 8.09. The second kappa shape index (κ2) is 8.88. The minimum atomic E-state index is -0.435. The summed E-state index contributed by atoms with van der Waals surface area (Å²) in [7, 11) is 2.15. The van der Waals surface area contributed by atoms with E-state index in [1.807, 2.05) is 4.90 Å². The number of benzene rings is 1. The largest absolute Gasteiger partial charge is 0.366 e. The van der Waals surface area contributed by atoms with Crippen LogP contribution in [0.15, 0.2) is 42.6 Å². The number of carbonyl (C=O) groups excluding carboxylic acids is 2. The van der Waals surface area contributed by atoms with Crippen molar-refractivity contribution in [2.75, 3.05) is 26.7 Å². The molecule has 0 fully saturated rings. The van der Waals surface area contributed by atoms with Crippen molar-refractivity contribution >= 4 is 28.3 Å². The highest BCUT2D eigenvalue weighted by Crippen LogP contribution is 2.40. The van der Waals surface area contributed by atoms with E-state index in [0.717, 1.165) is 26.1 Å². The molecule has 0 spiro atoms. The van der Waals surface area contributed by atoms with Gasteiger partial charge in [-0.15, -0.1) is 0 Å². The van der Waals surface area contributed by atoms with Crippen LogP contribution in [-0.4, -0.2) is 59.3 Å². The number of aromatic nitrogens is 1. The van der Waals surface area contributed by atoms with Gasteiger partial charge in [0, 0.05) is 48.3 Å². The van der Waals surface area contributed by atoms with E-state index in [-0.39, 0.29) is 11.8 Å². The summed E-state index contributed by atoms with van der Waals surface area (Å²) in [6, 6.07) is 6.82. The number of nitrogens with two attached hydrogens (primary N) is 1. The van der Waals surface area contributed by atoms with Crippen molar-refractivity contribution in [2.24, 2.45) is 11.7 Å². The predicted octanol–water partition coefficient (Wildman–Crippen LogP) is 2.95. The molecular formula is C24H32N4O2. The van der Waals surface area contributed by atoms with Gasteiger partial charge < -0.3 is 15.6 Å². The molecule has 1 aromatic heterocycles. The molecule has 2 amide bonds. The van der Waals surface area contributed by atoms with E-state index in [0.29, 0.717) is 11.6 Å². The van der Waals surface area contributed by atoms with E-state index in [2.05, 4.69) is 67.8 Å². The van der Waals surface area contributed by atoms with E-state index in [4.69, 9.17) is 5.73 Å². The first-order chi connectivity index (χ1) is 14.3. The van der Waals surface area contributed by atoms with Crippen molar-refractivity contribution in [3.63, 3.8) is 0 Å². The van der Waals surface area contributed by atoms with Gasteiger partial charge >= 0.3 is 0 Å². The Labute approximate surface area is 178 Å². The number of likely N-dealkylation sites (N-methyl/N-ethyl adjacent to an activating group) is 1. The number of amides is 2. The first kappa shape index (κ1) is 21.8. The van der Waals surface area contributed by atoms with Gasteiger partial charge in [-0.25, -0.2) is 0 Å². The lowest BCUT2D eigenvalue weighted by molar-refractivity contribution is -0.134. The summed E-state index contributed by atoms with van der Waals surface area (Å²) in [4.78, 5) is 30.4. The lowest BCUT2D eigenvalue weighted by Gasteiger charge is -2.40. The molecular weight excluding hydrogens is 376 g/mol. The molecule has 0 saturated carbocycles. The molecule has 2 aliphatic rings. The van der Waals surface area contributed by atoms with Crippen LogP contribution < -0.4 is 5.73 Å². The maximum Gasteiger partial charge on any atom is 0.243 e. The van der Waals surface area contributed by atoms with E-state index >= 15 is 0 Å². The van der Waals surface area contributed by atoms with Gasteiger partial charge in [-0.05, 0) is 57.0 Å². The van der Waals surface area contributed by atoms with Gasteiger partial charge in [0.2, 0.25) is 11.8 Å². The van der Waals surface area contributed by atoms with Crippen molar-refractivity contribution in [1.29, 1.82) is 0 Å². The summed E-state index contributed by atoms with van der Waals surface area (Å²) in [5.41, 5.74) is 10.3. The Hall–Kier alpha value is -2.86. The maximum absolute atomic E-state index is 12.9. The Morgan fingerprint density at radius 3 is 2.57 bits per heavy atom. The molecule has 6 heteroatoms. The van der Waals surface area contributed by atoms with Crippen LogP contribution in [0.4, 0.5) is 0 Å². The number of hydrogen-bond donors (Lipinski definition) is 2. The molecule has 6 nitrogen and oxygen atoms in total. The summed E-state index contributed by atoms with van der Waals surface area (Å²) in [6.45, 7) is 11.3. The quantitative estimate of drug-likeness (QED) is 0.763. The molecule has 2 atom stereocenters. The molecule has 1 aromatic carbocycles. The fraction of sp³-hybridized carbons (Fsp3) is 0.417. The molecule has 160 valence electrons. The van der Waals surface area contributed by atoms with Gasteiger partial charge in [-0.2, -0.15) is 0 Å². The Balaban J connectivity index is 0.000000377. The van der Waals surface area contributed by atoms with E-state index in [1.54, 1.807) is 6.92 Å². The van der Waals surface area contributed by atoms with E-state index < -0.39 is 5.91 Å². The third-order valence-corrected chi connectivity index (χ3v) is 6.08. The minimum Gasteiger partial charge on any atom is -0.366 e. The van der Waals surface area contributed by atoms with Crippen LogP contribution in [0.25, 0.3) is 16.5 Å². The lowest BCUT2D eigenvalue weighted by Crippen LogP contribution is -2.47. The van der Waals surface area contributed by atoms with Crippen LogP contribution in [0, 0.1) is 5.92 Å². The fourth-order valence-electron chi connectivity index (χ4n) is 4.38. The molecule has 1 aliphatic carbocycles. The first-order valence-electron chi connectivity index (χ1n) is 10.5. The lowest BCUT2D eigenvalue weighted by atomic mass is 9.79. The van der Waals surface area contributed by atoms with Crippen molar-refractivity contribution < 1.29 is 9.59 Å². The standard InChI is InChI=1S/C20H25N3O.C4H7NO/c1-4-23(5-2)20(24)14-9-16-15-7-6-8-17-19(15)13(11-21-17)10-18(16)22(3)12-14;1-3(2)4(5)6/h6-9,11,14,18,21H,4-5,10,12H2,1-3H3;1H2,2H3,(H2,5,6)/t14-,18-;/m1./s1.